The maximum absolute atomic E-state index is 5.67. The van der Waals surface area contributed by atoms with Crippen LogP contribution in [-0.2, 0) is 9.47 Å². The van der Waals surface area contributed by atoms with E-state index in [4.69, 9.17) is 9.47 Å². The van der Waals surface area contributed by atoms with Crippen molar-refractivity contribution in [1.82, 2.24) is 0 Å². The fourth-order valence-electron chi connectivity index (χ4n) is 1.64. The van der Waals surface area contributed by atoms with E-state index in [9.17, 15) is 0 Å². The molecule has 0 aliphatic rings. The van der Waals surface area contributed by atoms with Crippen LogP contribution in [0.4, 0.5) is 0 Å². The van der Waals surface area contributed by atoms with Gasteiger partial charge in [0, 0.05) is 6.61 Å². The third kappa shape index (κ3) is 12.2. The number of hydrogen-bond acceptors (Lipinski definition) is 2. The van der Waals surface area contributed by atoms with Crippen LogP contribution < -0.4 is 0 Å². The minimum Gasteiger partial charge on any atom is -0.379 e. The second-order valence-corrected chi connectivity index (χ2v) is 6.10. The van der Waals surface area contributed by atoms with E-state index in [-0.39, 0.29) is 5.41 Å². The van der Waals surface area contributed by atoms with E-state index in [0.29, 0.717) is 0 Å². The SMILES string of the molecule is CCCCC(CC)COCCOCC(C)(C)C. The van der Waals surface area contributed by atoms with Crippen LogP contribution in [0.3, 0.4) is 0 Å². The molecule has 0 radical (unpaired) electrons. The van der Waals surface area contributed by atoms with Crippen LogP contribution in [0.15, 0.2) is 0 Å². The molecular formula is C15H32O2. The zero-order valence-electron chi connectivity index (χ0n) is 12.6. The molecule has 0 saturated carbocycles. The first-order valence-electron chi connectivity index (χ1n) is 7.15. The normalized spacial score (nSPS) is 13.9. The van der Waals surface area contributed by atoms with Crippen molar-refractivity contribution in [1.29, 1.82) is 0 Å². The molecule has 0 spiro atoms. The van der Waals surface area contributed by atoms with Crippen LogP contribution in [0, 0.1) is 11.3 Å². The van der Waals surface area contributed by atoms with Crippen molar-refractivity contribution in [2.45, 2.75) is 60.3 Å². The summed E-state index contributed by atoms with van der Waals surface area (Å²) in [6, 6.07) is 0. The van der Waals surface area contributed by atoms with Gasteiger partial charge in [-0.25, -0.2) is 0 Å². The maximum Gasteiger partial charge on any atom is 0.0700 e. The first kappa shape index (κ1) is 16.9. The van der Waals surface area contributed by atoms with Gasteiger partial charge in [0.25, 0.3) is 0 Å². The minimum absolute atomic E-state index is 0.257. The lowest BCUT2D eigenvalue weighted by Crippen LogP contribution is -2.18. The fraction of sp³-hybridized carbons (Fsp3) is 1.00. The van der Waals surface area contributed by atoms with Gasteiger partial charge in [0.15, 0.2) is 0 Å². The van der Waals surface area contributed by atoms with Gasteiger partial charge in [0.1, 0.15) is 0 Å². The molecule has 0 aromatic heterocycles. The van der Waals surface area contributed by atoms with Crippen molar-refractivity contribution in [3.63, 3.8) is 0 Å². The van der Waals surface area contributed by atoms with Crippen LogP contribution in [0.25, 0.3) is 0 Å². The molecule has 0 aliphatic carbocycles. The van der Waals surface area contributed by atoms with E-state index < -0.39 is 0 Å². The molecule has 2 heteroatoms. The summed E-state index contributed by atoms with van der Waals surface area (Å²) in [5.41, 5.74) is 0.257. The molecular weight excluding hydrogens is 212 g/mol. The minimum atomic E-state index is 0.257. The third-order valence-electron chi connectivity index (χ3n) is 2.80. The van der Waals surface area contributed by atoms with Gasteiger partial charge in [0.2, 0.25) is 0 Å². The summed E-state index contributed by atoms with van der Waals surface area (Å²) in [5.74, 6) is 0.734. The summed E-state index contributed by atoms with van der Waals surface area (Å²) < 4.78 is 11.2. The van der Waals surface area contributed by atoms with E-state index in [1.54, 1.807) is 0 Å². The highest BCUT2D eigenvalue weighted by atomic mass is 16.5. The van der Waals surface area contributed by atoms with Gasteiger partial charge >= 0.3 is 0 Å². The lowest BCUT2D eigenvalue weighted by molar-refractivity contribution is 0.00892. The zero-order valence-corrected chi connectivity index (χ0v) is 12.6. The summed E-state index contributed by atoms with van der Waals surface area (Å²) >= 11 is 0. The highest BCUT2D eigenvalue weighted by Crippen LogP contribution is 2.13. The predicted octanol–water partition coefficient (Wildman–Crippen LogP) is 4.28. The van der Waals surface area contributed by atoms with Crippen molar-refractivity contribution in [2.24, 2.45) is 11.3 Å². The second kappa shape index (κ2) is 9.90. The molecule has 0 fully saturated rings. The van der Waals surface area contributed by atoms with Crippen molar-refractivity contribution in [2.75, 3.05) is 26.4 Å². The number of unbranched alkanes of at least 4 members (excludes halogenated alkanes) is 1. The maximum atomic E-state index is 5.67. The standard InChI is InChI=1S/C15H32O2/c1-6-8-9-14(7-2)12-16-10-11-17-13-15(3,4)5/h14H,6-13H2,1-5H3. The first-order chi connectivity index (χ1) is 7.99. The molecule has 1 atom stereocenters. The van der Waals surface area contributed by atoms with E-state index in [2.05, 4.69) is 34.6 Å². The smallest absolute Gasteiger partial charge is 0.0700 e. The van der Waals surface area contributed by atoms with Crippen LogP contribution in [0.1, 0.15) is 60.3 Å². The average Bonchev–Trinajstić information content (AvgIpc) is 2.25. The van der Waals surface area contributed by atoms with Crippen LogP contribution in [-0.4, -0.2) is 26.4 Å². The molecule has 2 nitrogen and oxygen atoms in total. The summed E-state index contributed by atoms with van der Waals surface area (Å²) in [6.45, 7) is 14.2. The molecule has 0 saturated heterocycles. The Bertz CT molecular complexity index is 161. The Morgan fingerprint density at radius 3 is 2.18 bits per heavy atom. The number of ether oxygens (including phenoxy) is 2. The summed E-state index contributed by atoms with van der Waals surface area (Å²) in [7, 11) is 0. The Morgan fingerprint density at radius 1 is 1.00 bits per heavy atom. The van der Waals surface area contributed by atoms with Crippen LogP contribution in [0.5, 0.6) is 0 Å². The highest BCUT2D eigenvalue weighted by molar-refractivity contribution is 4.59. The molecule has 0 aliphatic heterocycles. The lowest BCUT2D eigenvalue weighted by atomic mass is 9.99. The van der Waals surface area contributed by atoms with Gasteiger partial charge in [-0.15, -0.1) is 0 Å². The highest BCUT2D eigenvalue weighted by Gasteiger charge is 2.10. The second-order valence-electron chi connectivity index (χ2n) is 6.10. The molecule has 0 aromatic rings. The Labute approximate surface area is 108 Å². The molecule has 104 valence electrons. The molecule has 0 N–H and O–H groups in total. The molecule has 0 bridgehead atoms. The Hall–Kier alpha value is -0.0800. The fourth-order valence-corrected chi connectivity index (χ4v) is 1.64. The Balaban J connectivity index is 3.36. The molecule has 1 unspecified atom stereocenters. The summed E-state index contributed by atoms with van der Waals surface area (Å²) in [6.07, 6.45) is 5.13. The molecule has 0 rings (SSSR count). The molecule has 17 heavy (non-hydrogen) atoms. The topological polar surface area (TPSA) is 18.5 Å². The van der Waals surface area contributed by atoms with E-state index >= 15 is 0 Å². The van der Waals surface area contributed by atoms with Gasteiger partial charge in [-0.05, 0) is 17.8 Å². The van der Waals surface area contributed by atoms with Crippen LogP contribution >= 0.6 is 0 Å². The van der Waals surface area contributed by atoms with Crippen molar-refractivity contribution in [3.8, 4) is 0 Å². The third-order valence-corrected chi connectivity index (χ3v) is 2.80. The predicted molar refractivity (Wildman–Crippen MR) is 74.4 cm³/mol. The van der Waals surface area contributed by atoms with Gasteiger partial charge < -0.3 is 9.47 Å². The monoisotopic (exact) mass is 244 g/mol. The summed E-state index contributed by atoms with van der Waals surface area (Å²) in [5, 5.41) is 0. The molecule has 0 aromatic carbocycles. The Kier molecular flexibility index (Phi) is 9.85. The molecule has 0 amide bonds. The van der Waals surface area contributed by atoms with Gasteiger partial charge in [0.05, 0.1) is 19.8 Å². The Morgan fingerprint density at radius 2 is 1.65 bits per heavy atom. The van der Waals surface area contributed by atoms with E-state index in [1.165, 1.54) is 25.7 Å². The van der Waals surface area contributed by atoms with Crippen molar-refractivity contribution < 1.29 is 9.47 Å². The lowest BCUT2D eigenvalue weighted by Gasteiger charge is -2.18. The van der Waals surface area contributed by atoms with Crippen LogP contribution in [0.2, 0.25) is 0 Å². The number of rotatable bonds is 10. The molecule has 0 heterocycles. The van der Waals surface area contributed by atoms with Gasteiger partial charge in [-0.1, -0.05) is 53.9 Å². The van der Waals surface area contributed by atoms with E-state index in [0.717, 1.165) is 32.3 Å². The van der Waals surface area contributed by atoms with Crippen molar-refractivity contribution >= 4 is 0 Å². The number of hydrogen-bond donors (Lipinski definition) is 0. The van der Waals surface area contributed by atoms with Gasteiger partial charge in [-0.2, -0.15) is 0 Å². The summed E-state index contributed by atoms with van der Waals surface area (Å²) in [4.78, 5) is 0. The van der Waals surface area contributed by atoms with E-state index in [1.807, 2.05) is 0 Å². The first-order valence-corrected chi connectivity index (χ1v) is 7.15. The quantitative estimate of drug-likeness (QED) is 0.534. The largest absolute Gasteiger partial charge is 0.379 e. The van der Waals surface area contributed by atoms with Crippen molar-refractivity contribution in [3.05, 3.63) is 0 Å². The average molecular weight is 244 g/mol. The zero-order chi connectivity index (χ0) is 13.1. The van der Waals surface area contributed by atoms with Gasteiger partial charge in [-0.3, -0.25) is 0 Å².